The maximum Gasteiger partial charge on any atom is 0.418 e. The van der Waals surface area contributed by atoms with Crippen LogP contribution in [0.4, 0.5) is 0 Å². The highest BCUT2D eigenvalue weighted by Gasteiger charge is 2.62. The average molecular weight is 552 g/mol. The van der Waals surface area contributed by atoms with Crippen LogP contribution in [0.5, 0.6) is 0 Å². The maximum absolute atomic E-state index is 13.0. The molecule has 0 aliphatic heterocycles. The number of carbonyl (C=O) groups excluding carboxylic acids is 1. The van der Waals surface area contributed by atoms with E-state index in [1.165, 1.54) is 66.8 Å². The van der Waals surface area contributed by atoms with Gasteiger partial charge in [0.25, 0.3) is 0 Å². The molecule has 0 amide bonds. The molecule has 0 fully saturated rings. The van der Waals surface area contributed by atoms with Gasteiger partial charge in [-0.05, 0) is 66.8 Å². The van der Waals surface area contributed by atoms with Gasteiger partial charge in [-0.2, -0.15) is 0 Å². The van der Waals surface area contributed by atoms with Crippen molar-refractivity contribution in [3.63, 3.8) is 0 Å². The summed E-state index contributed by atoms with van der Waals surface area (Å²) < 4.78 is 6.82. The molecule has 2 nitrogen and oxygen atoms in total. The lowest BCUT2D eigenvalue weighted by molar-refractivity contribution is 0.00600. The van der Waals surface area contributed by atoms with E-state index in [-0.39, 0.29) is 17.8 Å². The zero-order valence-electron chi connectivity index (χ0n) is 23.4. The second-order valence-corrected chi connectivity index (χ2v) is 11.9. The minimum atomic E-state index is -1.07. The highest BCUT2D eigenvalue weighted by atomic mass is 16.5. The van der Waals surface area contributed by atoms with Gasteiger partial charge in [0.1, 0.15) is 5.60 Å². The van der Waals surface area contributed by atoms with Crippen LogP contribution in [-0.4, -0.2) is 12.1 Å². The van der Waals surface area contributed by atoms with E-state index in [1.807, 2.05) is 0 Å². The van der Waals surface area contributed by atoms with Crippen LogP contribution >= 0.6 is 0 Å². The number of ether oxygens (including phenoxy) is 1. The summed E-state index contributed by atoms with van der Waals surface area (Å²) in [6.45, 7) is 2.07. The third-order valence-electron chi connectivity index (χ3n) is 10.1. The number of benzene rings is 6. The van der Waals surface area contributed by atoms with Crippen molar-refractivity contribution in [2.45, 2.75) is 23.4 Å². The Morgan fingerprint density at radius 3 is 0.791 bits per heavy atom. The summed E-state index contributed by atoms with van der Waals surface area (Å²) in [7, 11) is 0. The Labute approximate surface area is 251 Å². The third-order valence-corrected chi connectivity index (χ3v) is 10.1. The number of fused-ring (bicyclic) bond motifs is 9. The van der Waals surface area contributed by atoms with Gasteiger partial charge in [-0.15, -0.1) is 0 Å². The highest BCUT2D eigenvalue weighted by molar-refractivity contribution is 5.86. The average Bonchev–Trinajstić information content (AvgIpc) is 3.71. The molecular formula is C41H27O2. The van der Waals surface area contributed by atoms with Gasteiger partial charge in [0, 0.05) is 0 Å². The zero-order chi connectivity index (χ0) is 28.5. The highest BCUT2D eigenvalue weighted by Crippen LogP contribution is 2.67. The van der Waals surface area contributed by atoms with E-state index < -0.39 is 5.60 Å². The first-order valence-electron chi connectivity index (χ1n) is 14.9. The lowest BCUT2D eigenvalue weighted by atomic mass is 9.60. The number of hydrogen-bond acceptors (Lipinski definition) is 2. The molecule has 203 valence electrons. The maximum atomic E-state index is 13.0. The van der Waals surface area contributed by atoms with E-state index in [9.17, 15) is 4.79 Å². The molecule has 3 aliphatic rings. The number of rotatable bonds is 5. The van der Waals surface area contributed by atoms with E-state index in [0.29, 0.717) is 0 Å². The minimum Gasteiger partial charge on any atom is -0.448 e. The van der Waals surface area contributed by atoms with E-state index in [2.05, 4.69) is 152 Å². The molecule has 0 unspecified atom stereocenters. The summed E-state index contributed by atoms with van der Waals surface area (Å²) in [5.74, 6) is -0.723. The Morgan fingerprint density at radius 2 is 0.581 bits per heavy atom. The molecule has 3 aliphatic carbocycles. The second-order valence-electron chi connectivity index (χ2n) is 11.9. The topological polar surface area (TPSA) is 26.3 Å². The molecule has 0 spiro atoms. The molecule has 1 radical (unpaired) electrons. The minimum absolute atomic E-state index is 0.241. The monoisotopic (exact) mass is 551 g/mol. The lowest BCUT2D eigenvalue weighted by Gasteiger charge is -2.48. The van der Waals surface area contributed by atoms with Crippen molar-refractivity contribution < 1.29 is 9.53 Å². The van der Waals surface area contributed by atoms with Gasteiger partial charge in [-0.25, -0.2) is 4.79 Å². The Balaban J connectivity index is 1.46. The van der Waals surface area contributed by atoms with Gasteiger partial charge < -0.3 is 4.74 Å². The summed E-state index contributed by atoms with van der Waals surface area (Å²) in [5.41, 5.74) is 13.2. The van der Waals surface area contributed by atoms with E-state index in [1.54, 1.807) is 0 Å². The van der Waals surface area contributed by atoms with Crippen LogP contribution in [0.2, 0.25) is 0 Å². The molecule has 0 saturated carbocycles. The summed E-state index contributed by atoms with van der Waals surface area (Å²) in [4.78, 5) is 13.0. The molecule has 0 N–H and O–H groups in total. The molecule has 0 bridgehead atoms. The molecule has 0 atom stereocenters. The van der Waals surface area contributed by atoms with Crippen LogP contribution < -0.4 is 0 Å². The normalized spacial score (nSPS) is 14.8. The molecule has 0 saturated heterocycles. The quantitative estimate of drug-likeness (QED) is 0.213. The van der Waals surface area contributed by atoms with E-state index >= 15 is 0 Å². The summed E-state index contributed by atoms with van der Waals surface area (Å²) in [6, 6.07) is 51.9. The van der Waals surface area contributed by atoms with Crippen molar-refractivity contribution in [2.24, 2.45) is 0 Å². The summed E-state index contributed by atoms with van der Waals surface area (Å²) in [5, 5.41) is 0. The van der Waals surface area contributed by atoms with Crippen molar-refractivity contribution in [1.82, 2.24) is 0 Å². The van der Waals surface area contributed by atoms with E-state index in [0.717, 1.165) is 0 Å². The Morgan fingerprint density at radius 1 is 0.372 bits per heavy atom. The summed E-state index contributed by atoms with van der Waals surface area (Å²) in [6.07, 6.45) is 0. The molecule has 0 aromatic heterocycles. The summed E-state index contributed by atoms with van der Waals surface area (Å²) >= 11 is 0. The predicted molar refractivity (Wildman–Crippen MR) is 171 cm³/mol. The van der Waals surface area contributed by atoms with Gasteiger partial charge in [0.05, 0.1) is 17.8 Å². The fourth-order valence-electron chi connectivity index (χ4n) is 8.67. The van der Waals surface area contributed by atoms with Crippen molar-refractivity contribution in [3.05, 3.63) is 179 Å². The fraction of sp³-hybridized carbons (Fsp3) is 0.0976. The van der Waals surface area contributed by atoms with Gasteiger partial charge in [0.2, 0.25) is 0 Å². The van der Waals surface area contributed by atoms with Gasteiger partial charge >= 0.3 is 6.47 Å². The number of hydrogen-bond donors (Lipinski definition) is 0. The Kier molecular flexibility index (Phi) is 5.19. The second kappa shape index (κ2) is 9.14. The molecule has 6 aromatic rings. The predicted octanol–water partition coefficient (Wildman–Crippen LogP) is 9.25. The van der Waals surface area contributed by atoms with Crippen molar-refractivity contribution >= 4 is 6.47 Å². The molecule has 2 heteroatoms. The van der Waals surface area contributed by atoms with Crippen LogP contribution in [0.1, 0.15) is 51.1 Å². The van der Waals surface area contributed by atoms with Crippen LogP contribution in [0.3, 0.4) is 0 Å². The Bertz CT molecular complexity index is 1710. The first-order valence-corrected chi connectivity index (χ1v) is 14.9. The molecule has 9 rings (SSSR count). The smallest absolute Gasteiger partial charge is 0.418 e. The van der Waals surface area contributed by atoms with Gasteiger partial charge in [0.15, 0.2) is 0 Å². The van der Waals surface area contributed by atoms with Crippen molar-refractivity contribution in [3.8, 4) is 33.4 Å². The van der Waals surface area contributed by atoms with Gasteiger partial charge in [-0.3, -0.25) is 0 Å². The lowest BCUT2D eigenvalue weighted by Crippen LogP contribution is -2.50. The largest absolute Gasteiger partial charge is 0.448 e. The first kappa shape index (κ1) is 24.4. The molecule has 6 aromatic carbocycles. The Hall–Kier alpha value is -5.21. The zero-order valence-corrected chi connectivity index (χ0v) is 23.4. The SMILES string of the molecule is O=[C]OC(C1c2ccccc2-c2ccccc21)(C1c2ccccc2-c2ccccc21)C1c2ccccc2-c2ccccc21. The van der Waals surface area contributed by atoms with Crippen molar-refractivity contribution in [1.29, 1.82) is 0 Å². The standard InChI is InChI=1S/C41H27O2/c42-25-43-41(38-32-19-7-1-13-26(32)27-14-2-8-20-33(27)38,39-34-21-9-3-15-28(34)29-16-4-10-22-35(29)39)40-36-23-11-5-17-30(36)31-18-6-12-24-37(31)40/h1-24,38-40H. The molecular weight excluding hydrogens is 524 g/mol. The van der Waals surface area contributed by atoms with E-state index in [4.69, 9.17) is 4.74 Å². The first-order chi connectivity index (χ1) is 21.3. The van der Waals surface area contributed by atoms with Crippen LogP contribution in [0.25, 0.3) is 33.4 Å². The van der Waals surface area contributed by atoms with Crippen LogP contribution in [0, 0.1) is 0 Å². The van der Waals surface area contributed by atoms with Gasteiger partial charge in [-0.1, -0.05) is 146 Å². The van der Waals surface area contributed by atoms with Crippen LogP contribution in [-0.2, 0) is 9.53 Å². The van der Waals surface area contributed by atoms with Crippen LogP contribution in [0.15, 0.2) is 146 Å². The molecule has 43 heavy (non-hydrogen) atoms. The third kappa shape index (κ3) is 3.16. The molecule has 0 heterocycles. The fourth-order valence-corrected chi connectivity index (χ4v) is 8.67. The van der Waals surface area contributed by atoms with Crippen molar-refractivity contribution in [2.75, 3.05) is 0 Å².